The number of nitrogens with zero attached hydrogens (tertiary/aromatic N) is 1. The fraction of sp³-hybridized carbons (Fsp3) is 0.250. The summed E-state index contributed by atoms with van der Waals surface area (Å²) in [6.07, 6.45) is 1.64. The predicted molar refractivity (Wildman–Crippen MR) is 95.3 cm³/mol. The zero-order valence-electron chi connectivity index (χ0n) is 13.8. The van der Waals surface area contributed by atoms with Crippen molar-refractivity contribution in [2.75, 3.05) is 25.3 Å². The Bertz CT molecular complexity index is 789. The van der Waals surface area contributed by atoms with Gasteiger partial charge in [-0.25, -0.2) is 14.6 Å². The van der Waals surface area contributed by atoms with Crippen LogP contribution in [-0.4, -0.2) is 42.8 Å². The van der Waals surface area contributed by atoms with Crippen LogP contribution in [0.2, 0.25) is 0 Å². The van der Waals surface area contributed by atoms with Gasteiger partial charge in [0, 0.05) is 6.20 Å². The lowest BCUT2D eigenvalue weighted by Crippen LogP contribution is -2.16. The van der Waals surface area contributed by atoms with Crippen molar-refractivity contribution in [3.8, 4) is 0 Å². The minimum atomic E-state index is -0.628. The topological polar surface area (TPSA) is 94.6 Å². The number of aromatic nitrogens is 1. The molecular weight excluding hydrogens is 364 g/mol. The Balaban J connectivity index is 2.18. The van der Waals surface area contributed by atoms with Gasteiger partial charge in [-0.05, 0) is 24.6 Å². The highest BCUT2D eigenvalue weighted by molar-refractivity contribution is 7.99. The Morgan fingerprint density at radius 1 is 1.20 bits per heavy atom. The van der Waals surface area contributed by atoms with Crippen molar-refractivity contribution >= 4 is 45.9 Å². The van der Waals surface area contributed by atoms with Gasteiger partial charge in [0.1, 0.15) is 9.88 Å². The molecule has 132 valence electrons. The normalized spacial score (nSPS) is 10.2. The standard InChI is InChI=1S/C16H16N2O5S2/c1-9-12(15(20)22-2)14(25-13(9)16(21)23-3)18-10(19)8-24-11-6-4-5-7-17-11/h4-7H,8H2,1-3H3,(H,18,19). The van der Waals surface area contributed by atoms with Crippen molar-refractivity contribution in [3.05, 3.63) is 40.4 Å². The Hall–Kier alpha value is -2.39. The molecule has 0 spiro atoms. The van der Waals surface area contributed by atoms with Crippen LogP contribution in [0.1, 0.15) is 25.6 Å². The average molecular weight is 380 g/mol. The van der Waals surface area contributed by atoms with Crippen LogP contribution in [-0.2, 0) is 14.3 Å². The van der Waals surface area contributed by atoms with E-state index in [2.05, 4.69) is 10.3 Å². The number of ether oxygens (including phenoxy) is 2. The Kier molecular flexibility index (Phi) is 6.54. The number of nitrogens with one attached hydrogen (secondary N) is 1. The maximum atomic E-state index is 12.2. The number of methoxy groups -OCH3 is 2. The van der Waals surface area contributed by atoms with Gasteiger partial charge in [-0.3, -0.25) is 4.79 Å². The summed E-state index contributed by atoms with van der Waals surface area (Å²) in [6, 6.07) is 5.41. The molecule has 9 heteroatoms. The molecule has 0 aromatic carbocycles. The van der Waals surface area contributed by atoms with Crippen LogP contribution in [0.5, 0.6) is 0 Å². The van der Waals surface area contributed by atoms with Gasteiger partial charge >= 0.3 is 11.9 Å². The molecule has 0 saturated carbocycles. The van der Waals surface area contributed by atoms with E-state index in [9.17, 15) is 14.4 Å². The zero-order chi connectivity index (χ0) is 18.4. The third-order valence-corrected chi connectivity index (χ3v) is 5.28. The SMILES string of the molecule is COC(=O)c1sc(NC(=O)CSc2ccccn2)c(C(=O)OC)c1C. The highest BCUT2D eigenvalue weighted by Gasteiger charge is 2.26. The molecule has 0 unspecified atom stereocenters. The molecule has 7 nitrogen and oxygen atoms in total. The molecule has 2 heterocycles. The number of pyridine rings is 1. The summed E-state index contributed by atoms with van der Waals surface area (Å²) >= 11 is 2.24. The molecule has 1 amide bonds. The summed E-state index contributed by atoms with van der Waals surface area (Å²) < 4.78 is 9.45. The molecule has 1 N–H and O–H groups in total. The quantitative estimate of drug-likeness (QED) is 0.608. The third kappa shape index (κ3) is 4.58. The third-order valence-electron chi connectivity index (χ3n) is 3.15. The number of amides is 1. The van der Waals surface area contributed by atoms with Crippen molar-refractivity contribution in [2.24, 2.45) is 0 Å². The van der Waals surface area contributed by atoms with E-state index in [-0.39, 0.29) is 27.1 Å². The average Bonchev–Trinajstić information content (AvgIpc) is 2.95. The molecule has 0 aliphatic carbocycles. The van der Waals surface area contributed by atoms with Gasteiger partial charge in [-0.2, -0.15) is 0 Å². The van der Waals surface area contributed by atoms with Gasteiger partial charge in [0.2, 0.25) is 5.91 Å². The van der Waals surface area contributed by atoms with Crippen LogP contribution >= 0.6 is 23.1 Å². The first-order chi connectivity index (χ1) is 12.0. The number of thioether (sulfide) groups is 1. The van der Waals surface area contributed by atoms with Crippen molar-refractivity contribution in [3.63, 3.8) is 0 Å². The smallest absolute Gasteiger partial charge is 0.348 e. The Morgan fingerprint density at radius 2 is 1.92 bits per heavy atom. The van der Waals surface area contributed by atoms with Crippen molar-refractivity contribution in [1.82, 2.24) is 4.98 Å². The molecule has 2 aromatic heterocycles. The molecule has 0 radical (unpaired) electrons. The summed E-state index contributed by atoms with van der Waals surface area (Å²) in [5, 5.41) is 3.63. The molecule has 0 fully saturated rings. The monoisotopic (exact) mass is 380 g/mol. The summed E-state index contributed by atoms with van der Waals surface area (Å²) in [5.74, 6) is -1.41. The largest absolute Gasteiger partial charge is 0.465 e. The summed E-state index contributed by atoms with van der Waals surface area (Å²) in [5.41, 5.74) is 0.570. The van der Waals surface area contributed by atoms with Crippen LogP contribution in [0.15, 0.2) is 29.4 Å². The number of thiophene rings is 1. The minimum absolute atomic E-state index is 0.113. The molecule has 0 atom stereocenters. The van der Waals surface area contributed by atoms with Crippen LogP contribution in [0.25, 0.3) is 0 Å². The van der Waals surface area contributed by atoms with E-state index in [1.54, 1.807) is 25.3 Å². The molecule has 0 saturated heterocycles. The second-order valence-electron chi connectivity index (χ2n) is 4.75. The fourth-order valence-electron chi connectivity index (χ4n) is 1.97. The Labute approximate surface area is 152 Å². The van der Waals surface area contributed by atoms with E-state index < -0.39 is 11.9 Å². The maximum absolute atomic E-state index is 12.2. The van der Waals surface area contributed by atoms with E-state index in [4.69, 9.17) is 9.47 Å². The number of carbonyl (C=O) groups is 3. The molecule has 0 aliphatic rings. The van der Waals surface area contributed by atoms with E-state index in [0.29, 0.717) is 10.6 Å². The first kappa shape index (κ1) is 18.9. The van der Waals surface area contributed by atoms with Crippen LogP contribution in [0.3, 0.4) is 0 Å². The number of anilines is 1. The molecular formula is C16H16N2O5S2. The van der Waals surface area contributed by atoms with Crippen molar-refractivity contribution in [2.45, 2.75) is 11.9 Å². The summed E-state index contributed by atoms with van der Waals surface area (Å²) in [4.78, 5) is 40.4. The number of rotatable bonds is 6. The van der Waals surface area contributed by atoms with Gasteiger partial charge in [-0.1, -0.05) is 17.8 Å². The summed E-state index contributed by atoms with van der Waals surface area (Å²) in [7, 11) is 2.49. The molecule has 2 aromatic rings. The molecule has 0 bridgehead atoms. The highest BCUT2D eigenvalue weighted by atomic mass is 32.2. The fourth-order valence-corrected chi connectivity index (χ4v) is 3.76. The van der Waals surface area contributed by atoms with E-state index in [1.807, 2.05) is 6.07 Å². The predicted octanol–water partition coefficient (Wildman–Crippen LogP) is 2.76. The molecule has 25 heavy (non-hydrogen) atoms. The van der Waals surface area contributed by atoms with Gasteiger partial charge in [0.05, 0.1) is 30.6 Å². The zero-order valence-corrected chi connectivity index (χ0v) is 15.5. The van der Waals surface area contributed by atoms with Gasteiger partial charge in [-0.15, -0.1) is 11.3 Å². The number of hydrogen-bond acceptors (Lipinski definition) is 8. The second-order valence-corrected chi connectivity index (χ2v) is 6.76. The van der Waals surface area contributed by atoms with Crippen LogP contribution in [0.4, 0.5) is 5.00 Å². The van der Waals surface area contributed by atoms with Crippen LogP contribution in [0, 0.1) is 6.92 Å². The highest BCUT2D eigenvalue weighted by Crippen LogP contribution is 2.34. The summed E-state index contributed by atoms with van der Waals surface area (Å²) in [6.45, 7) is 1.60. The number of carbonyl (C=O) groups excluding carboxylic acids is 3. The Morgan fingerprint density at radius 3 is 2.52 bits per heavy atom. The van der Waals surface area contributed by atoms with E-state index >= 15 is 0 Å². The minimum Gasteiger partial charge on any atom is -0.465 e. The molecule has 2 rings (SSSR count). The van der Waals surface area contributed by atoms with E-state index in [1.165, 1.54) is 26.0 Å². The lowest BCUT2D eigenvalue weighted by Gasteiger charge is -2.06. The van der Waals surface area contributed by atoms with Gasteiger partial charge in [0.15, 0.2) is 0 Å². The van der Waals surface area contributed by atoms with Gasteiger partial charge in [0.25, 0.3) is 0 Å². The van der Waals surface area contributed by atoms with E-state index in [0.717, 1.165) is 11.3 Å². The van der Waals surface area contributed by atoms with Crippen molar-refractivity contribution < 1.29 is 23.9 Å². The van der Waals surface area contributed by atoms with Gasteiger partial charge < -0.3 is 14.8 Å². The number of esters is 2. The maximum Gasteiger partial charge on any atom is 0.348 e. The van der Waals surface area contributed by atoms with Crippen molar-refractivity contribution in [1.29, 1.82) is 0 Å². The number of hydrogen-bond donors (Lipinski definition) is 1. The first-order valence-electron chi connectivity index (χ1n) is 7.11. The lowest BCUT2D eigenvalue weighted by molar-refractivity contribution is -0.113. The lowest BCUT2D eigenvalue weighted by atomic mass is 10.1. The van der Waals surface area contributed by atoms with Crippen LogP contribution < -0.4 is 5.32 Å². The molecule has 0 aliphatic heterocycles. The first-order valence-corrected chi connectivity index (χ1v) is 8.91. The second kappa shape index (κ2) is 8.63.